The van der Waals surface area contributed by atoms with Gasteiger partial charge in [-0.15, -0.1) is 11.3 Å². The van der Waals surface area contributed by atoms with Crippen LogP contribution >= 0.6 is 11.3 Å². The van der Waals surface area contributed by atoms with Gasteiger partial charge in [0.1, 0.15) is 5.01 Å². The molecule has 3 N–H and O–H groups in total. The lowest BCUT2D eigenvalue weighted by Crippen LogP contribution is -2.21. The summed E-state index contributed by atoms with van der Waals surface area (Å²) >= 11 is 1.49. The minimum absolute atomic E-state index is 0.0338. The number of thiazole rings is 1. The molecule has 0 spiro atoms. The highest BCUT2D eigenvalue weighted by Crippen LogP contribution is 2.11. The van der Waals surface area contributed by atoms with Gasteiger partial charge in [-0.1, -0.05) is 6.92 Å². The molecule has 4 heteroatoms. The van der Waals surface area contributed by atoms with Crippen LogP contribution in [-0.2, 0) is 13.0 Å². The van der Waals surface area contributed by atoms with Gasteiger partial charge in [0, 0.05) is 17.8 Å². The fourth-order valence-corrected chi connectivity index (χ4v) is 1.59. The smallest absolute Gasteiger partial charge is 0.118 e. The number of nitrogens with zero attached hydrogens (tertiary/aromatic N) is 1. The second-order valence-electron chi connectivity index (χ2n) is 2.76. The lowest BCUT2D eigenvalue weighted by molar-refractivity contribution is 0.281. The normalized spacial score (nSPS) is 13.2. The van der Waals surface area contributed by atoms with E-state index in [2.05, 4.69) is 11.9 Å². The second kappa shape index (κ2) is 4.54. The van der Waals surface area contributed by atoms with Crippen LogP contribution in [0.2, 0.25) is 0 Å². The lowest BCUT2D eigenvalue weighted by Gasteiger charge is -2.04. The molecule has 1 aromatic rings. The number of hydrogen-bond donors (Lipinski definition) is 2. The van der Waals surface area contributed by atoms with Gasteiger partial charge in [-0.05, 0) is 6.42 Å². The summed E-state index contributed by atoms with van der Waals surface area (Å²) < 4.78 is 0. The highest BCUT2D eigenvalue weighted by molar-refractivity contribution is 7.09. The molecule has 0 fully saturated rings. The lowest BCUT2D eigenvalue weighted by atomic mass is 10.1. The van der Waals surface area contributed by atoms with E-state index in [1.54, 1.807) is 0 Å². The minimum Gasteiger partial charge on any atom is -0.389 e. The molecule has 0 aliphatic heterocycles. The van der Waals surface area contributed by atoms with Crippen molar-refractivity contribution in [2.24, 2.45) is 5.73 Å². The molecule has 1 aromatic heterocycles. The summed E-state index contributed by atoms with van der Waals surface area (Å²) in [5.41, 5.74) is 6.76. The van der Waals surface area contributed by atoms with E-state index in [4.69, 9.17) is 10.8 Å². The third-order valence-electron chi connectivity index (χ3n) is 1.73. The van der Waals surface area contributed by atoms with Crippen LogP contribution in [0.4, 0.5) is 0 Å². The number of hydrogen-bond acceptors (Lipinski definition) is 4. The van der Waals surface area contributed by atoms with Crippen molar-refractivity contribution in [3.63, 3.8) is 0 Å². The Balaban J connectivity index is 2.52. The average molecular weight is 186 g/mol. The summed E-state index contributed by atoms with van der Waals surface area (Å²) in [7, 11) is 0. The maximum absolute atomic E-state index is 8.76. The molecule has 0 amide bonds. The van der Waals surface area contributed by atoms with Crippen molar-refractivity contribution in [3.8, 4) is 0 Å². The monoisotopic (exact) mass is 186 g/mol. The highest BCUT2D eigenvalue weighted by atomic mass is 32.1. The molecule has 0 bridgehead atoms. The van der Waals surface area contributed by atoms with Crippen molar-refractivity contribution in [1.29, 1.82) is 0 Å². The Morgan fingerprint density at radius 1 is 1.75 bits per heavy atom. The number of aliphatic hydroxyl groups excluding tert-OH is 1. The van der Waals surface area contributed by atoms with E-state index < -0.39 is 0 Å². The molecular formula is C8H14N2OS. The number of rotatable bonds is 4. The molecule has 0 aliphatic rings. The van der Waals surface area contributed by atoms with Crippen molar-refractivity contribution < 1.29 is 5.11 Å². The topological polar surface area (TPSA) is 59.1 Å². The van der Waals surface area contributed by atoms with E-state index in [0.29, 0.717) is 0 Å². The highest BCUT2D eigenvalue weighted by Gasteiger charge is 2.04. The quantitative estimate of drug-likeness (QED) is 0.735. The van der Waals surface area contributed by atoms with Gasteiger partial charge in [0.15, 0.2) is 0 Å². The zero-order valence-electron chi connectivity index (χ0n) is 7.16. The predicted molar refractivity (Wildman–Crippen MR) is 50.0 cm³/mol. The minimum atomic E-state index is 0.0338. The van der Waals surface area contributed by atoms with Gasteiger partial charge < -0.3 is 10.8 Å². The first-order valence-corrected chi connectivity index (χ1v) is 4.94. The molecule has 0 saturated carbocycles. The molecule has 1 atom stereocenters. The molecule has 1 rings (SSSR count). The maximum Gasteiger partial charge on any atom is 0.118 e. The van der Waals surface area contributed by atoms with Crippen molar-refractivity contribution in [1.82, 2.24) is 4.98 Å². The fraction of sp³-hybridized carbons (Fsp3) is 0.625. The number of aliphatic hydroxyl groups is 1. The zero-order chi connectivity index (χ0) is 8.97. The molecule has 0 saturated heterocycles. The van der Waals surface area contributed by atoms with Gasteiger partial charge in [-0.2, -0.15) is 0 Å². The molecular weight excluding hydrogens is 172 g/mol. The van der Waals surface area contributed by atoms with Crippen molar-refractivity contribution in [3.05, 3.63) is 16.1 Å². The summed E-state index contributed by atoms with van der Waals surface area (Å²) in [5, 5.41) is 11.5. The van der Waals surface area contributed by atoms with E-state index in [-0.39, 0.29) is 12.6 Å². The molecule has 1 heterocycles. The number of aromatic nitrogens is 1. The summed E-state index contributed by atoms with van der Waals surface area (Å²) in [6.07, 6.45) is 1.78. The van der Waals surface area contributed by atoms with Crippen molar-refractivity contribution >= 4 is 11.3 Å². The van der Waals surface area contributed by atoms with Gasteiger partial charge >= 0.3 is 0 Å². The van der Waals surface area contributed by atoms with Crippen LogP contribution in [0.3, 0.4) is 0 Å². The Labute approximate surface area is 76.3 Å². The molecule has 0 aliphatic carbocycles. The Morgan fingerprint density at radius 3 is 3.00 bits per heavy atom. The first kappa shape index (κ1) is 9.64. The van der Waals surface area contributed by atoms with Crippen molar-refractivity contribution in [2.75, 3.05) is 0 Å². The summed E-state index contributed by atoms with van der Waals surface area (Å²) in [6, 6.07) is 0.193. The standard InChI is InChI=1S/C8H14N2OS/c1-2-6(9)3-7-5-12-8(4-11)10-7/h5-6,11H,2-4,9H2,1H3. The predicted octanol–water partition coefficient (Wildman–Crippen LogP) is 0.915. The summed E-state index contributed by atoms with van der Waals surface area (Å²) in [4.78, 5) is 4.21. The molecule has 68 valence electrons. The van der Waals surface area contributed by atoms with Crippen LogP contribution in [0.15, 0.2) is 5.38 Å². The first-order chi connectivity index (χ1) is 5.76. The Bertz CT molecular complexity index is 237. The second-order valence-corrected chi connectivity index (χ2v) is 3.71. The molecule has 12 heavy (non-hydrogen) atoms. The summed E-state index contributed by atoms with van der Waals surface area (Å²) in [5.74, 6) is 0. The Morgan fingerprint density at radius 2 is 2.50 bits per heavy atom. The Kier molecular flexibility index (Phi) is 3.65. The van der Waals surface area contributed by atoms with Gasteiger partial charge in [0.2, 0.25) is 0 Å². The Hall–Kier alpha value is -0.450. The average Bonchev–Trinajstić information content (AvgIpc) is 2.52. The van der Waals surface area contributed by atoms with Crippen LogP contribution in [0, 0.1) is 0 Å². The van der Waals surface area contributed by atoms with Crippen LogP contribution in [0.5, 0.6) is 0 Å². The van der Waals surface area contributed by atoms with E-state index in [1.807, 2.05) is 5.38 Å². The van der Waals surface area contributed by atoms with Crippen LogP contribution in [0.1, 0.15) is 24.0 Å². The van der Waals surface area contributed by atoms with Gasteiger partial charge in [-0.25, -0.2) is 4.98 Å². The fourth-order valence-electron chi connectivity index (χ4n) is 0.928. The number of nitrogens with two attached hydrogens (primary N) is 1. The largest absolute Gasteiger partial charge is 0.389 e. The van der Waals surface area contributed by atoms with Crippen LogP contribution in [-0.4, -0.2) is 16.1 Å². The van der Waals surface area contributed by atoms with Crippen LogP contribution in [0.25, 0.3) is 0 Å². The zero-order valence-corrected chi connectivity index (χ0v) is 7.97. The SMILES string of the molecule is CCC(N)Cc1csc(CO)n1. The van der Waals surface area contributed by atoms with Gasteiger partial charge in [0.25, 0.3) is 0 Å². The maximum atomic E-state index is 8.76. The van der Waals surface area contributed by atoms with Crippen LogP contribution < -0.4 is 5.73 Å². The van der Waals surface area contributed by atoms with E-state index in [9.17, 15) is 0 Å². The molecule has 0 radical (unpaired) electrons. The van der Waals surface area contributed by atoms with Gasteiger partial charge in [-0.3, -0.25) is 0 Å². The first-order valence-electron chi connectivity index (χ1n) is 4.06. The molecule has 3 nitrogen and oxygen atoms in total. The van der Waals surface area contributed by atoms with E-state index >= 15 is 0 Å². The van der Waals surface area contributed by atoms with E-state index in [0.717, 1.165) is 23.5 Å². The van der Waals surface area contributed by atoms with E-state index in [1.165, 1.54) is 11.3 Å². The molecule has 0 aromatic carbocycles. The van der Waals surface area contributed by atoms with Gasteiger partial charge in [0.05, 0.1) is 12.3 Å². The third-order valence-corrected chi connectivity index (χ3v) is 2.61. The summed E-state index contributed by atoms with van der Waals surface area (Å²) in [6.45, 7) is 2.09. The third kappa shape index (κ3) is 2.55. The van der Waals surface area contributed by atoms with Crippen molar-refractivity contribution in [2.45, 2.75) is 32.4 Å². The molecule has 1 unspecified atom stereocenters.